The molecule has 2 heterocycles. The Balaban J connectivity index is 1.75. The number of halogens is 1. The van der Waals surface area contributed by atoms with Crippen molar-refractivity contribution in [3.05, 3.63) is 35.0 Å². The zero-order valence-electron chi connectivity index (χ0n) is 14.1. The van der Waals surface area contributed by atoms with E-state index in [2.05, 4.69) is 15.6 Å². The molecule has 0 unspecified atom stereocenters. The number of piperidine rings is 1. The van der Waals surface area contributed by atoms with Crippen LogP contribution >= 0.6 is 11.6 Å². The van der Waals surface area contributed by atoms with Gasteiger partial charge in [-0.1, -0.05) is 11.6 Å². The molecule has 1 fully saturated rings. The van der Waals surface area contributed by atoms with Gasteiger partial charge in [0, 0.05) is 35.9 Å². The van der Waals surface area contributed by atoms with E-state index in [0.717, 1.165) is 10.9 Å². The number of aromatic amines is 1. The zero-order valence-corrected chi connectivity index (χ0v) is 14.8. The molecule has 1 aliphatic heterocycles. The van der Waals surface area contributed by atoms with E-state index in [1.54, 1.807) is 29.2 Å². The highest BCUT2D eigenvalue weighted by Crippen LogP contribution is 2.20. The molecule has 2 aromatic rings. The van der Waals surface area contributed by atoms with Gasteiger partial charge in [0.05, 0.1) is 12.1 Å². The summed E-state index contributed by atoms with van der Waals surface area (Å²) in [6.45, 7) is 2.11. The van der Waals surface area contributed by atoms with E-state index in [1.165, 1.54) is 6.92 Å². The molecular weight excluding hydrogens is 360 g/mol. The number of hydrogen-bond donors (Lipinski definition) is 4. The first-order chi connectivity index (χ1) is 12.3. The molecule has 1 saturated heterocycles. The van der Waals surface area contributed by atoms with E-state index in [4.69, 9.17) is 16.7 Å². The van der Waals surface area contributed by atoms with Gasteiger partial charge < -0.3 is 25.6 Å². The predicted octanol–water partition coefficient (Wildman–Crippen LogP) is 1.81. The van der Waals surface area contributed by atoms with Gasteiger partial charge in [-0.25, -0.2) is 4.79 Å². The van der Waals surface area contributed by atoms with Gasteiger partial charge in [0.15, 0.2) is 0 Å². The fraction of sp³-hybridized carbons (Fsp3) is 0.353. The predicted molar refractivity (Wildman–Crippen MR) is 96.4 cm³/mol. The number of carboxylic acid groups (broad SMARTS) is 1. The Morgan fingerprint density at radius 1 is 1.23 bits per heavy atom. The third kappa shape index (κ3) is 3.91. The molecule has 3 amide bonds. The van der Waals surface area contributed by atoms with Crippen molar-refractivity contribution in [1.29, 1.82) is 0 Å². The third-order valence-electron chi connectivity index (χ3n) is 4.51. The van der Waals surface area contributed by atoms with E-state index in [1.807, 2.05) is 0 Å². The van der Waals surface area contributed by atoms with Crippen LogP contribution in [-0.4, -0.2) is 58.1 Å². The summed E-state index contributed by atoms with van der Waals surface area (Å²) in [5.74, 6) is -0.463. The monoisotopic (exact) mass is 378 g/mol. The molecule has 0 radical (unpaired) electrons. The number of H-pyrrole nitrogens is 1. The van der Waals surface area contributed by atoms with Gasteiger partial charge in [-0.15, -0.1) is 0 Å². The van der Waals surface area contributed by atoms with Crippen molar-refractivity contribution in [2.45, 2.75) is 25.4 Å². The van der Waals surface area contributed by atoms with Crippen molar-refractivity contribution in [3.8, 4) is 0 Å². The first-order valence-electron chi connectivity index (χ1n) is 8.17. The normalized spacial score (nSPS) is 20.0. The van der Waals surface area contributed by atoms with Gasteiger partial charge in [-0.3, -0.25) is 9.59 Å². The van der Waals surface area contributed by atoms with E-state index < -0.39 is 18.2 Å². The summed E-state index contributed by atoms with van der Waals surface area (Å²) in [6, 6.07) is 5.98. The molecule has 2 atom stereocenters. The van der Waals surface area contributed by atoms with Crippen LogP contribution in [0.3, 0.4) is 0 Å². The highest BCUT2D eigenvalue weighted by atomic mass is 35.5. The molecule has 0 spiro atoms. The lowest BCUT2D eigenvalue weighted by Gasteiger charge is -2.38. The van der Waals surface area contributed by atoms with Crippen LogP contribution in [0.1, 0.15) is 23.8 Å². The second kappa shape index (κ2) is 7.25. The van der Waals surface area contributed by atoms with Crippen molar-refractivity contribution < 1.29 is 19.5 Å². The van der Waals surface area contributed by atoms with Crippen LogP contribution in [0.5, 0.6) is 0 Å². The Bertz CT molecular complexity index is 866. The third-order valence-corrected chi connectivity index (χ3v) is 4.75. The van der Waals surface area contributed by atoms with Gasteiger partial charge in [0.25, 0.3) is 5.91 Å². The number of likely N-dealkylation sites (tertiary alicyclic amines) is 1. The van der Waals surface area contributed by atoms with E-state index in [-0.39, 0.29) is 18.4 Å². The summed E-state index contributed by atoms with van der Waals surface area (Å²) in [6.07, 6.45) is -0.734. The minimum atomic E-state index is -1.19. The van der Waals surface area contributed by atoms with E-state index in [0.29, 0.717) is 23.7 Å². The standard InChI is InChI=1S/C17H19ClN4O4/c1-9(23)22-5-4-13(15(8-22)21-17(25)26)20-16(24)14-7-10-6-11(18)2-3-12(10)19-14/h2-3,6-7,13,15,19,21H,4-5,8H2,1H3,(H,20,24)(H,25,26)/t13-,15+/m0/s1. The lowest BCUT2D eigenvalue weighted by Crippen LogP contribution is -2.61. The van der Waals surface area contributed by atoms with Gasteiger partial charge in [0.1, 0.15) is 5.69 Å². The Morgan fingerprint density at radius 2 is 2.00 bits per heavy atom. The highest BCUT2D eigenvalue weighted by Gasteiger charge is 2.32. The quantitative estimate of drug-likeness (QED) is 0.652. The van der Waals surface area contributed by atoms with Crippen LogP contribution in [0.15, 0.2) is 24.3 Å². The average molecular weight is 379 g/mol. The topological polar surface area (TPSA) is 115 Å². The van der Waals surface area contributed by atoms with Crippen molar-refractivity contribution >= 4 is 40.4 Å². The molecule has 1 aromatic carbocycles. The number of benzene rings is 1. The maximum atomic E-state index is 12.6. The number of carbonyl (C=O) groups excluding carboxylic acids is 2. The molecule has 0 saturated carbocycles. The summed E-state index contributed by atoms with van der Waals surface area (Å²) in [5, 5.41) is 15.7. The Hall–Kier alpha value is -2.74. The Kier molecular flexibility index (Phi) is 5.03. The lowest BCUT2D eigenvalue weighted by molar-refractivity contribution is -0.130. The maximum Gasteiger partial charge on any atom is 0.405 e. The van der Waals surface area contributed by atoms with Crippen LogP contribution in [0.25, 0.3) is 10.9 Å². The fourth-order valence-corrected chi connectivity index (χ4v) is 3.37. The Labute approximate surface area is 154 Å². The van der Waals surface area contributed by atoms with Gasteiger partial charge in [-0.05, 0) is 30.7 Å². The molecular formula is C17H19ClN4O4. The lowest BCUT2D eigenvalue weighted by atomic mass is 9.99. The number of aromatic nitrogens is 1. The van der Waals surface area contributed by atoms with Gasteiger partial charge in [-0.2, -0.15) is 0 Å². The van der Waals surface area contributed by atoms with Gasteiger partial charge >= 0.3 is 6.09 Å². The minimum absolute atomic E-state index is 0.125. The molecule has 1 aliphatic rings. The number of hydrogen-bond acceptors (Lipinski definition) is 3. The summed E-state index contributed by atoms with van der Waals surface area (Å²) in [5.41, 5.74) is 1.15. The second-order valence-corrected chi connectivity index (χ2v) is 6.74. The Morgan fingerprint density at radius 3 is 2.69 bits per heavy atom. The van der Waals surface area contributed by atoms with E-state index >= 15 is 0 Å². The van der Waals surface area contributed by atoms with Crippen LogP contribution in [-0.2, 0) is 4.79 Å². The zero-order chi connectivity index (χ0) is 18.8. The molecule has 9 heteroatoms. The number of fused-ring (bicyclic) bond motifs is 1. The number of nitrogens with one attached hydrogen (secondary N) is 3. The molecule has 8 nitrogen and oxygen atoms in total. The van der Waals surface area contributed by atoms with Crippen LogP contribution < -0.4 is 10.6 Å². The smallest absolute Gasteiger partial charge is 0.405 e. The molecule has 1 aromatic heterocycles. The summed E-state index contributed by atoms with van der Waals surface area (Å²) in [4.78, 5) is 39.8. The first kappa shape index (κ1) is 18.1. The molecule has 138 valence electrons. The second-order valence-electron chi connectivity index (χ2n) is 6.30. The first-order valence-corrected chi connectivity index (χ1v) is 8.55. The van der Waals surface area contributed by atoms with Crippen molar-refractivity contribution in [2.75, 3.05) is 13.1 Å². The molecule has 26 heavy (non-hydrogen) atoms. The van der Waals surface area contributed by atoms with Gasteiger partial charge in [0.2, 0.25) is 5.91 Å². The van der Waals surface area contributed by atoms with Crippen LogP contribution in [0, 0.1) is 0 Å². The van der Waals surface area contributed by atoms with Crippen molar-refractivity contribution in [3.63, 3.8) is 0 Å². The number of nitrogens with zero attached hydrogens (tertiary/aromatic N) is 1. The van der Waals surface area contributed by atoms with E-state index in [9.17, 15) is 14.4 Å². The van der Waals surface area contributed by atoms with Crippen molar-refractivity contribution in [2.24, 2.45) is 0 Å². The van der Waals surface area contributed by atoms with Crippen LogP contribution in [0.4, 0.5) is 4.79 Å². The number of carbonyl (C=O) groups is 3. The summed E-state index contributed by atoms with van der Waals surface area (Å²) < 4.78 is 0. The number of rotatable bonds is 3. The van der Waals surface area contributed by atoms with Crippen LogP contribution in [0.2, 0.25) is 5.02 Å². The van der Waals surface area contributed by atoms with Crippen molar-refractivity contribution in [1.82, 2.24) is 20.5 Å². The molecule has 3 rings (SSSR count). The summed E-state index contributed by atoms with van der Waals surface area (Å²) >= 11 is 5.96. The average Bonchev–Trinajstić information content (AvgIpc) is 2.99. The maximum absolute atomic E-state index is 12.6. The number of amides is 3. The molecule has 0 aliphatic carbocycles. The largest absolute Gasteiger partial charge is 0.465 e. The summed E-state index contributed by atoms with van der Waals surface area (Å²) in [7, 11) is 0. The molecule has 4 N–H and O–H groups in total. The SMILES string of the molecule is CC(=O)N1CC[C@H](NC(=O)c2cc3cc(Cl)ccc3[nH]2)[C@H](NC(=O)O)C1. The molecule has 0 bridgehead atoms. The fourth-order valence-electron chi connectivity index (χ4n) is 3.19. The minimum Gasteiger partial charge on any atom is -0.465 e. The highest BCUT2D eigenvalue weighted by molar-refractivity contribution is 6.31.